The number of benzene rings is 1. The molecule has 7 heteroatoms. The van der Waals surface area contributed by atoms with Gasteiger partial charge in [-0.2, -0.15) is 0 Å². The van der Waals surface area contributed by atoms with Crippen LogP contribution < -0.4 is 5.63 Å². The van der Waals surface area contributed by atoms with Crippen LogP contribution in [0.3, 0.4) is 0 Å². The molecule has 6 rings (SSSR count). The zero-order chi connectivity index (χ0) is 21.0. The lowest BCUT2D eigenvalue weighted by Gasteiger charge is -2.26. The summed E-state index contributed by atoms with van der Waals surface area (Å²) in [5, 5.41) is 12.2. The number of rotatable bonds is 6. The number of aliphatic hydroxyl groups is 1. The molecule has 0 saturated heterocycles. The van der Waals surface area contributed by atoms with E-state index in [9.17, 15) is 9.90 Å². The quantitative estimate of drug-likeness (QED) is 0.394. The summed E-state index contributed by atoms with van der Waals surface area (Å²) in [7, 11) is 0. The molecule has 0 spiro atoms. The molecule has 2 fully saturated rings. The molecule has 156 valence electrons. The summed E-state index contributed by atoms with van der Waals surface area (Å²) < 4.78 is 6.38. The van der Waals surface area contributed by atoms with E-state index in [1.807, 2.05) is 36.5 Å². The van der Waals surface area contributed by atoms with Gasteiger partial charge in [0.2, 0.25) is 0 Å². The molecule has 0 bridgehead atoms. The van der Waals surface area contributed by atoms with Gasteiger partial charge < -0.3 is 9.52 Å². The van der Waals surface area contributed by atoms with Crippen LogP contribution in [-0.2, 0) is 5.60 Å². The SMILES string of the molecule is O=c1cc(-c2cccnc2)c2ccc(Sc3ncc(C(O)(C4CC4)C4CC4)s3)cc2o1. The molecule has 1 aromatic carbocycles. The first-order chi connectivity index (χ1) is 15.1. The van der Waals surface area contributed by atoms with E-state index in [0.717, 1.165) is 56.3 Å². The van der Waals surface area contributed by atoms with Crippen LogP contribution in [0.15, 0.2) is 73.4 Å². The van der Waals surface area contributed by atoms with Gasteiger partial charge in [0, 0.05) is 46.1 Å². The number of thiazole rings is 1. The predicted molar refractivity (Wildman–Crippen MR) is 121 cm³/mol. The van der Waals surface area contributed by atoms with Crippen LogP contribution in [0.1, 0.15) is 30.6 Å². The second kappa shape index (κ2) is 7.29. The Bertz CT molecular complexity index is 1310. The highest BCUT2D eigenvalue weighted by Crippen LogP contribution is 2.58. The normalized spacial score (nSPS) is 16.7. The molecular weight excluding hydrogens is 428 g/mol. The molecule has 0 radical (unpaired) electrons. The minimum absolute atomic E-state index is 0.385. The molecule has 4 aromatic rings. The molecule has 5 nitrogen and oxygen atoms in total. The average Bonchev–Trinajstić information content (AvgIpc) is 3.71. The Morgan fingerprint density at radius 3 is 2.61 bits per heavy atom. The molecule has 0 unspecified atom stereocenters. The third-order valence-corrected chi connectivity index (χ3v) is 8.37. The maximum Gasteiger partial charge on any atom is 0.336 e. The summed E-state index contributed by atoms with van der Waals surface area (Å²) >= 11 is 3.11. The molecule has 2 aliphatic rings. The monoisotopic (exact) mass is 448 g/mol. The van der Waals surface area contributed by atoms with Gasteiger partial charge in [-0.15, -0.1) is 11.3 Å². The van der Waals surface area contributed by atoms with E-state index >= 15 is 0 Å². The van der Waals surface area contributed by atoms with Crippen molar-refractivity contribution in [3.8, 4) is 11.1 Å². The van der Waals surface area contributed by atoms with Gasteiger partial charge in [0.25, 0.3) is 0 Å². The summed E-state index contributed by atoms with van der Waals surface area (Å²) in [6, 6.07) is 11.2. The first kappa shape index (κ1) is 19.2. The fourth-order valence-corrected chi connectivity index (χ4v) is 6.57. The van der Waals surface area contributed by atoms with Crippen LogP contribution in [-0.4, -0.2) is 15.1 Å². The standard InChI is InChI=1S/C24H20N2O3S2/c27-22-11-19(14-2-1-9-25-12-14)18-8-7-17(10-20(18)29-22)30-23-26-13-21(31-23)24(28,15-3-4-15)16-5-6-16/h1-2,7-13,15-16,28H,3-6H2. The van der Waals surface area contributed by atoms with Crippen molar-refractivity contribution in [2.45, 2.75) is 40.5 Å². The van der Waals surface area contributed by atoms with Gasteiger partial charge in [-0.3, -0.25) is 4.98 Å². The highest BCUT2D eigenvalue weighted by molar-refractivity contribution is 8.01. The van der Waals surface area contributed by atoms with Crippen LogP contribution in [0.2, 0.25) is 0 Å². The lowest BCUT2D eigenvalue weighted by molar-refractivity contribution is -0.00681. The average molecular weight is 449 g/mol. The van der Waals surface area contributed by atoms with Crippen molar-refractivity contribution in [3.63, 3.8) is 0 Å². The third kappa shape index (κ3) is 3.50. The molecule has 31 heavy (non-hydrogen) atoms. The third-order valence-electron chi connectivity index (χ3n) is 6.17. The van der Waals surface area contributed by atoms with Crippen molar-refractivity contribution in [1.82, 2.24) is 9.97 Å². The van der Waals surface area contributed by atoms with Gasteiger partial charge in [0.15, 0.2) is 4.34 Å². The molecule has 3 heterocycles. The summed E-state index contributed by atoms with van der Waals surface area (Å²) in [5.74, 6) is 0.776. The molecule has 1 N–H and O–H groups in total. The number of pyridine rings is 1. The van der Waals surface area contributed by atoms with Gasteiger partial charge in [-0.1, -0.05) is 17.8 Å². The van der Waals surface area contributed by atoms with Crippen molar-refractivity contribution < 1.29 is 9.52 Å². The topological polar surface area (TPSA) is 76.2 Å². The Kier molecular flexibility index (Phi) is 4.52. The van der Waals surface area contributed by atoms with E-state index in [1.165, 1.54) is 17.8 Å². The molecule has 2 aliphatic carbocycles. The Morgan fingerprint density at radius 1 is 1.10 bits per heavy atom. The fourth-order valence-electron chi connectivity index (χ4n) is 4.34. The molecule has 0 amide bonds. The van der Waals surface area contributed by atoms with Crippen LogP contribution in [0.5, 0.6) is 0 Å². The summed E-state index contributed by atoms with van der Waals surface area (Å²) in [5.41, 5.74) is 1.16. The predicted octanol–water partition coefficient (Wildman–Crippen LogP) is 5.47. The van der Waals surface area contributed by atoms with Gasteiger partial charge >= 0.3 is 5.63 Å². The lowest BCUT2D eigenvalue weighted by atomic mass is 9.90. The number of fused-ring (bicyclic) bond motifs is 1. The van der Waals surface area contributed by atoms with Crippen molar-refractivity contribution in [3.05, 3.63) is 70.3 Å². The van der Waals surface area contributed by atoms with Crippen molar-refractivity contribution in [2.24, 2.45) is 11.8 Å². The van der Waals surface area contributed by atoms with E-state index in [-0.39, 0.29) is 5.63 Å². The van der Waals surface area contributed by atoms with Gasteiger partial charge in [-0.25, -0.2) is 9.78 Å². The van der Waals surface area contributed by atoms with Crippen LogP contribution >= 0.6 is 23.1 Å². The number of aromatic nitrogens is 2. The van der Waals surface area contributed by atoms with E-state index in [0.29, 0.717) is 17.4 Å². The molecule has 2 saturated carbocycles. The summed E-state index contributed by atoms with van der Waals surface area (Å²) in [6.07, 6.45) is 9.74. The number of hydrogen-bond acceptors (Lipinski definition) is 7. The lowest BCUT2D eigenvalue weighted by Crippen LogP contribution is -2.29. The minimum Gasteiger partial charge on any atom is -0.423 e. The van der Waals surface area contributed by atoms with Crippen molar-refractivity contribution >= 4 is 34.1 Å². The van der Waals surface area contributed by atoms with E-state index in [1.54, 1.807) is 23.7 Å². The highest BCUT2D eigenvalue weighted by atomic mass is 32.2. The first-order valence-electron chi connectivity index (χ1n) is 10.5. The Labute approximate surface area is 187 Å². The second-order valence-electron chi connectivity index (χ2n) is 8.35. The summed E-state index contributed by atoms with van der Waals surface area (Å²) in [6.45, 7) is 0. The molecule has 3 aromatic heterocycles. The molecule has 0 aliphatic heterocycles. The van der Waals surface area contributed by atoms with Crippen LogP contribution in [0.25, 0.3) is 22.1 Å². The maximum atomic E-state index is 12.2. The number of hydrogen-bond donors (Lipinski definition) is 1. The Balaban J connectivity index is 1.32. The molecular formula is C24H20N2O3S2. The fraction of sp³-hybridized carbons (Fsp3) is 0.292. The van der Waals surface area contributed by atoms with Crippen LogP contribution in [0.4, 0.5) is 0 Å². The van der Waals surface area contributed by atoms with Crippen LogP contribution in [0, 0.1) is 11.8 Å². The smallest absolute Gasteiger partial charge is 0.336 e. The van der Waals surface area contributed by atoms with E-state index < -0.39 is 5.60 Å². The van der Waals surface area contributed by atoms with Gasteiger partial charge in [-0.05, 0) is 61.8 Å². The Hall–Kier alpha value is -2.48. The Morgan fingerprint density at radius 2 is 1.90 bits per heavy atom. The highest BCUT2D eigenvalue weighted by Gasteiger charge is 2.55. The maximum absolute atomic E-state index is 12.2. The van der Waals surface area contributed by atoms with Crippen molar-refractivity contribution in [1.29, 1.82) is 0 Å². The van der Waals surface area contributed by atoms with E-state index in [4.69, 9.17) is 4.42 Å². The zero-order valence-corrected chi connectivity index (χ0v) is 18.3. The first-order valence-corrected chi connectivity index (χ1v) is 12.1. The van der Waals surface area contributed by atoms with Gasteiger partial charge in [0.1, 0.15) is 11.2 Å². The van der Waals surface area contributed by atoms with Gasteiger partial charge in [0.05, 0.1) is 4.88 Å². The zero-order valence-electron chi connectivity index (χ0n) is 16.7. The summed E-state index contributed by atoms with van der Waals surface area (Å²) in [4.78, 5) is 22.8. The molecule has 0 atom stereocenters. The van der Waals surface area contributed by atoms with Crippen molar-refractivity contribution in [2.75, 3.05) is 0 Å². The largest absolute Gasteiger partial charge is 0.423 e. The van der Waals surface area contributed by atoms with E-state index in [2.05, 4.69) is 9.97 Å². The minimum atomic E-state index is -0.689. The number of nitrogens with zero attached hydrogens (tertiary/aromatic N) is 2. The second-order valence-corrected chi connectivity index (χ2v) is 10.7.